The van der Waals surface area contributed by atoms with E-state index < -0.39 is 5.54 Å². The van der Waals surface area contributed by atoms with E-state index in [1.807, 2.05) is 18.7 Å². The molecule has 7 heteroatoms. The molecule has 2 aliphatic heterocycles. The zero-order chi connectivity index (χ0) is 18.7. The average Bonchev–Trinajstić information content (AvgIpc) is 3.01. The number of nitrogens with zero attached hydrogens (tertiary/aromatic N) is 2. The third-order valence-electron chi connectivity index (χ3n) is 4.99. The Morgan fingerprint density at radius 3 is 2.69 bits per heavy atom. The molecule has 1 aromatic carbocycles. The van der Waals surface area contributed by atoms with Gasteiger partial charge in [0.25, 0.3) is 0 Å². The summed E-state index contributed by atoms with van der Waals surface area (Å²) in [5.41, 5.74) is 0.335. The van der Waals surface area contributed by atoms with E-state index in [-0.39, 0.29) is 30.2 Å². The molecule has 142 valence electrons. The molecule has 0 aromatic heterocycles. The minimum absolute atomic E-state index is 0.000304. The van der Waals surface area contributed by atoms with Gasteiger partial charge in [-0.15, -0.1) is 0 Å². The second-order valence-corrected chi connectivity index (χ2v) is 7.41. The predicted molar refractivity (Wildman–Crippen MR) is 95.0 cm³/mol. The van der Waals surface area contributed by atoms with Gasteiger partial charge < -0.3 is 19.9 Å². The van der Waals surface area contributed by atoms with Crippen molar-refractivity contribution in [3.8, 4) is 0 Å². The molecule has 1 atom stereocenters. The minimum Gasteiger partial charge on any atom is -0.379 e. The van der Waals surface area contributed by atoms with E-state index in [0.717, 1.165) is 5.56 Å². The lowest BCUT2D eigenvalue weighted by atomic mass is 9.94. The van der Waals surface area contributed by atoms with Crippen molar-refractivity contribution in [3.63, 3.8) is 0 Å². The molecule has 3 rings (SSSR count). The van der Waals surface area contributed by atoms with Gasteiger partial charge >= 0.3 is 6.03 Å². The second kappa shape index (κ2) is 7.61. The molecular weight excluding hydrogens is 337 g/mol. The van der Waals surface area contributed by atoms with Crippen LogP contribution >= 0.6 is 0 Å². The number of ether oxygens (including phenoxy) is 1. The third kappa shape index (κ3) is 3.98. The van der Waals surface area contributed by atoms with Crippen molar-refractivity contribution in [3.05, 3.63) is 35.6 Å². The van der Waals surface area contributed by atoms with Crippen LogP contribution in [-0.2, 0) is 16.1 Å². The Bertz CT molecular complexity index is 656. The third-order valence-corrected chi connectivity index (χ3v) is 4.99. The number of rotatable bonds is 3. The van der Waals surface area contributed by atoms with Crippen LogP contribution in [0.15, 0.2) is 24.3 Å². The van der Waals surface area contributed by atoms with Gasteiger partial charge in [0.15, 0.2) is 0 Å². The number of hydrogen-bond donors (Lipinski definition) is 1. The smallest absolute Gasteiger partial charge is 0.317 e. The normalized spacial score (nSPS) is 23.6. The summed E-state index contributed by atoms with van der Waals surface area (Å²) in [4.78, 5) is 28.9. The average molecular weight is 363 g/mol. The maximum absolute atomic E-state index is 13.2. The number of hydrogen-bond acceptors (Lipinski definition) is 3. The van der Waals surface area contributed by atoms with E-state index in [1.54, 1.807) is 17.0 Å². The highest BCUT2D eigenvalue weighted by molar-refractivity contribution is 5.80. The topological polar surface area (TPSA) is 61.9 Å². The first kappa shape index (κ1) is 18.6. The highest BCUT2D eigenvalue weighted by Crippen LogP contribution is 2.32. The Morgan fingerprint density at radius 2 is 2.08 bits per heavy atom. The zero-order valence-corrected chi connectivity index (χ0v) is 15.3. The summed E-state index contributed by atoms with van der Waals surface area (Å²) in [7, 11) is 0. The van der Waals surface area contributed by atoms with Crippen molar-refractivity contribution in [1.29, 1.82) is 0 Å². The summed E-state index contributed by atoms with van der Waals surface area (Å²) in [5.74, 6) is -0.300. The number of amides is 3. The molecule has 0 aliphatic carbocycles. The Kier molecular flexibility index (Phi) is 5.46. The summed E-state index contributed by atoms with van der Waals surface area (Å²) in [6.07, 6.45) is 0.958. The second-order valence-electron chi connectivity index (χ2n) is 7.41. The molecular formula is C19H26FN3O3. The van der Waals surface area contributed by atoms with Crippen LogP contribution in [0.1, 0.15) is 32.3 Å². The van der Waals surface area contributed by atoms with Crippen LogP contribution in [0.5, 0.6) is 0 Å². The van der Waals surface area contributed by atoms with E-state index in [0.29, 0.717) is 39.3 Å². The first-order valence-corrected chi connectivity index (χ1v) is 9.08. The summed E-state index contributed by atoms with van der Waals surface area (Å²) in [6, 6.07) is 6.08. The van der Waals surface area contributed by atoms with Crippen LogP contribution in [0.25, 0.3) is 0 Å². The standard InChI is InChI=1S/C19H26FN3O3/c1-14(2)21-18(25)22-9-7-17(24)23(19(12-22)8-10-26-13-19)11-15-3-5-16(20)6-4-15/h3-6,14H,7-13H2,1-2H3,(H,21,25). The number of urea groups is 1. The highest BCUT2D eigenvalue weighted by atomic mass is 19.1. The van der Waals surface area contributed by atoms with Crippen LogP contribution in [0.2, 0.25) is 0 Å². The maximum Gasteiger partial charge on any atom is 0.317 e. The largest absolute Gasteiger partial charge is 0.379 e. The van der Waals surface area contributed by atoms with Gasteiger partial charge in [-0.2, -0.15) is 0 Å². The number of nitrogens with one attached hydrogen (secondary N) is 1. The molecule has 0 bridgehead atoms. The fraction of sp³-hybridized carbons (Fsp3) is 0.579. The zero-order valence-electron chi connectivity index (χ0n) is 15.3. The molecule has 2 heterocycles. The minimum atomic E-state index is -0.531. The summed E-state index contributed by atoms with van der Waals surface area (Å²) >= 11 is 0. The number of benzene rings is 1. The molecule has 1 N–H and O–H groups in total. The van der Waals surface area contributed by atoms with E-state index in [1.165, 1.54) is 12.1 Å². The molecule has 3 amide bonds. The van der Waals surface area contributed by atoms with E-state index >= 15 is 0 Å². The van der Waals surface area contributed by atoms with Crippen LogP contribution in [0.3, 0.4) is 0 Å². The van der Waals surface area contributed by atoms with Crippen molar-refractivity contribution in [2.24, 2.45) is 0 Å². The quantitative estimate of drug-likeness (QED) is 0.895. The fourth-order valence-corrected chi connectivity index (χ4v) is 3.62. The molecule has 0 radical (unpaired) electrons. The van der Waals surface area contributed by atoms with Gasteiger partial charge in [0.2, 0.25) is 5.91 Å². The van der Waals surface area contributed by atoms with Gasteiger partial charge in [0, 0.05) is 38.7 Å². The van der Waals surface area contributed by atoms with Gasteiger partial charge in [-0.3, -0.25) is 4.79 Å². The first-order chi connectivity index (χ1) is 12.4. The van der Waals surface area contributed by atoms with Crippen molar-refractivity contribution in [1.82, 2.24) is 15.1 Å². The molecule has 1 aromatic rings. The lowest BCUT2D eigenvalue weighted by Gasteiger charge is -2.40. The van der Waals surface area contributed by atoms with Crippen molar-refractivity contribution < 1.29 is 18.7 Å². The first-order valence-electron chi connectivity index (χ1n) is 9.08. The van der Waals surface area contributed by atoms with Crippen LogP contribution in [0, 0.1) is 5.82 Å². The van der Waals surface area contributed by atoms with Gasteiger partial charge in [-0.05, 0) is 38.0 Å². The Hall–Kier alpha value is -2.15. The summed E-state index contributed by atoms with van der Waals surface area (Å²) in [6.45, 7) is 6.02. The molecule has 1 spiro atoms. The number of halogens is 1. The van der Waals surface area contributed by atoms with Gasteiger partial charge in [-0.25, -0.2) is 9.18 Å². The monoisotopic (exact) mass is 363 g/mol. The van der Waals surface area contributed by atoms with Gasteiger partial charge in [0.1, 0.15) is 5.82 Å². The molecule has 2 saturated heterocycles. The molecule has 6 nitrogen and oxygen atoms in total. The van der Waals surface area contributed by atoms with Crippen molar-refractivity contribution in [2.45, 2.75) is 44.8 Å². The molecule has 2 aliphatic rings. The van der Waals surface area contributed by atoms with Crippen LogP contribution in [-0.4, -0.2) is 59.6 Å². The molecule has 26 heavy (non-hydrogen) atoms. The van der Waals surface area contributed by atoms with Gasteiger partial charge in [0.05, 0.1) is 12.1 Å². The van der Waals surface area contributed by atoms with Crippen molar-refractivity contribution in [2.75, 3.05) is 26.3 Å². The lowest BCUT2D eigenvalue weighted by molar-refractivity contribution is -0.137. The molecule has 2 fully saturated rings. The van der Waals surface area contributed by atoms with Crippen LogP contribution < -0.4 is 5.32 Å². The fourth-order valence-electron chi connectivity index (χ4n) is 3.62. The molecule has 0 saturated carbocycles. The molecule has 1 unspecified atom stereocenters. The SMILES string of the molecule is CC(C)NC(=O)N1CCC(=O)N(Cc2ccc(F)cc2)C2(CCOC2)C1. The number of carbonyl (C=O) groups excluding carboxylic acids is 2. The summed E-state index contributed by atoms with van der Waals surface area (Å²) < 4.78 is 18.8. The summed E-state index contributed by atoms with van der Waals surface area (Å²) in [5, 5.41) is 2.91. The highest BCUT2D eigenvalue weighted by Gasteiger charge is 2.47. The number of carbonyl (C=O) groups is 2. The van der Waals surface area contributed by atoms with E-state index in [2.05, 4.69) is 5.32 Å². The van der Waals surface area contributed by atoms with Gasteiger partial charge in [-0.1, -0.05) is 12.1 Å². The Labute approximate surface area is 153 Å². The van der Waals surface area contributed by atoms with E-state index in [4.69, 9.17) is 4.74 Å². The van der Waals surface area contributed by atoms with E-state index in [9.17, 15) is 14.0 Å². The van der Waals surface area contributed by atoms with Crippen LogP contribution in [0.4, 0.5) is 9.18 Å². The Balaban J connectivity index is 1.84. The maximum atomic E-state index is 13.2. The predicted octanol–water partition coefficient (Wildman–Crippen LogP) is 2.14. The lowest BCUT2D eigenvalue weighted by Crippen LogP contribution is -2.57. The van der Waals surface area contributed by atoms with Crippen molar-refractivity contribution >= 4 is 11.9 Å². The Morgan fingerprint density at radius 1 is 1.35 bits per heavy atom.